The topological polar surface area (TPSA) is 22.1 Å². The Morgan fingerprint density at radius 1 is 1.16 bits per heavy atom. The van der Waals surface area contributed by atoms with Crippen molar-refractivity contribution in [1.29, 1.82) is 0 Å². The first-order valence-corrected chi connectivity index (χ1v) is 6.58. The molecule has 1 heterocycles. The highest BCUT2D eigenvalue weighted by Gasteiger charge is 1.96. The molecule has 2 aromatic rings. The van der Waals surface area contributed by atoms with Crippen molar-refractivity contribution in [3.8, 4) is 17.6 Å². The number of nitrogens with zero attached hydrogens (tertiary/aromatic N) is 1. The van der Waals surface area contributed by atoms with Gasteiger partial charge in [-0.05, 0) is 35.9 Å². The number of benzene rings is 1. The first-order chi connectivity index (χ1) is 9.38. The van der Waals surface area contributed by atoms with Crippen molar-refractivity contribution in [3.05, 3.63) is 59.9 Å². The van der Waals surface area contributed by atoms with Gasteiger partial charge in [0.15, 0.2) is 0 Å². The van der Waals surface area contributed by atoms with Gasteiger partial charge in [0.05, 0.1) is 0 Å². The molecule has 0 aliphatic heterocycles. The van der Waals surface area contributed by atoms with Gasteiger partial charge in [0.1, 0.15) is 12.4 Å². The summed E-state index contributed by atoms with van der Waals surface area (Å²) < 4.78 is 5.72. The molecule has 2 rings (SSSR count). The van der Waals surface area contributed by atoms with E-state index in [0.717, 1.165) is 16.9 Å². The van der Waals surface area contributed by atoms with Gasteiger partial charge < -0.3 is 4.74 Å². The molecule has 2 nitrogen and oxygen atoms in total. The molecule has 19 heavy (non-hydrogen) atoms. The second-order valence-electron chi connectivity index (χ2n) is 3.91. The monoisotopic (exact) mass is 271 g/mol. The van der Waals surface area contributed by atoms with Gasteiger partial charge in [0, 0.05) is 30.3 Å². The van der Waals surface area contributed by atoms with E-state index in [-0.39, 0.29) is 0 Å². The van der Waals surface area contributed by atoms with Crippen LogP contribution in [0.2, 0.25) is 0 Å². The normalized spacial score (nSPS) is 9.53. The SMILES string of the molecule is ClCCC#Cc1cccc(OCc2ccncc2)c1. The molecular formula is C16H14ClNO. The quantitative estimate of drug-likeness (QED) is 0.626. The summed E-state index contributed by atoms with van der Waals surface area (Å²) in [6.45, 7) is 0.529. The van der Waals surface area contributed by atoms with Gasteiger partial charge in [0.2, 0.25) is 0 Å². The molecule has 0 amide bonds. The molecule has 1 aromatic carbocycles. The first-order valence-electron chi connectivity index (χ1n) is 6.05. The van der Waals surface area contributed by atoms with Gasteiger partial charge in [-0.3, -0.25) is 4.98 Å². The fraction of sp³-hybridized carbons (Fsp3) is 0.188. The van der Waals surface area contributed by atoms with Crippen molar-refractivity contribution in [3.63, 3.8) is 0 Å². The molecule has 1 aromatic heterocycles. The minimum Gasteiger partial charge on any atom is -0.489 e. The molecule has 0 saturated carbocycles. The largest absolute Gasteiger partial charge is 0.489 e. The van der Waals surface area contributed by atoms with Crippen molar-refractivity contribution in [2.75, 3.05) is 5.88 Å². The van der Waals surface area contributed by atoms with Gasteiger partial charge >= 0.3 is 0 Å². The van der Waals surface area contributed by atoms with Gasteiger partial charge in [-0.15, -0.1) is 11.6 Å². The third-order valence-electron chi connectivity index (χ3n) is 2.44. The maximum atomic E-state index is 5.72. The molecular weight excluding hydrogens is 258 g/mol. The maximum Gasteiger partial charge on any atom is 0.121 e. The summed E-state index contributed by atoms with van der Waals surface area (Å²) in [4.78, 5) is 3.97. The van der Waals surface area contributed by atoms with Crippen LogP contribution in [0.15, 0.2) is 48.8 Å². The molecule has 0 radical (unpaired) electrons. The number of hydrogen-bond acceptors (Lipinski definition) is 2. The zero-order valence-corrected chi connectivity index (χ0v) is 11.2. The Morgan fingerprint density at radius 2 is 2.00 bits per heavy atom. The summed E-state index contributed by atoms with van der Waals surface area (Å²) in [5.74, 6) is 7.44. The molecule has 0 N–H and O–H groups in total. The van der Waals surface area contributed by atoms with Crippen molar-refractivity contribution < 1.29 is 4.74 Å². The zero-order chi connectivity index (χ0) is 13.3. The molecule has 96 valence electrons. The Kier molecular flexibility index (Phi) is 5.28. The third-order valence-corrected chi connectivity index (χ3v) is 2.63. The summed E-state index contributed by atoms with van der Waals surface area (Å²) in [5, 5.41) is 0. The van der Waals surface area contributed by atoms with E-state index in [1.165, 1.54) is 0 Å². The van der Waals surface area contributed by atoms with Crippen LogP contribution < -0.4 is 4.74 Å². The fourth-order valence-electron chi connectivity index (χ4n) is 1.52. The van der Waals surface area contributed by atoms with Crippen molar-refractivity contribution in [2.45, 2.75) is 13.0 Å². The summed E-state index contributed by atoms with van der Waals surface area (Å²) in [6, 6.07) is 11.6. The number of pyridine rings is 1. The van der Waals surface area contributed by atoms with E-state index in [0.29, 0.717) is 18.9 Å². The van der Waals surface area contributed by atoms with Crippen LogP contribution in [0.4, 0.5) is 0 Å². The van der Waals surface area contributed by atoms with Crippen molar-refractivity contribution in [2.24, 2.45) is 0 Å². The Labute approximate surface area is 118 Å². The van der Waals surface area contributed by atoms with E-state index in [1.54, 1.807) is 12.4 Å². The Hall–Kier alpha value is -1.98. The number of ether oxygens (including phenoxy) is 1. The molecule has 0 atom stereocenters. The first kappa shape index (κ1) is 13.5. The molecule has 0 unspecified atom stereocenters. The average molecular weight is 272 g/mol. The molecule has 0 spiro atoms. The lowest BCUT2D eigenvalue weighted by molar-refractivity contribution is 0.306. The van der Waals surface area contributed by atoms with Gasteiger partial charge in [-0.2, -0.15) is 0 Å². The number of alkyl halides is 1. The van der Waals surface area contributed by atoms with E-state index in [9.17, 15) is 0 Å². The Balaban J connectivity index is 1.98. The lowest BCUT2D eigenvalue weighted by Gasteiger charge is -2.06. The minimum absolute atomic E-state index is 0.529. The molecule has 0 aliphatic carbocycles. The zero-order valence-electron chi connectivity index (χ0n) is 10.5. The second-order valence-corrected chi connectivity index (χ2v) is 4.29. The van der Waals surface area contributed by atoms with Crippen molar-refractivity contribution in [1.82, 2.24) is 4.98 Å². The van der Waals surface area contributed by atoms with E-state index in [2.05, 4.69) is 16.8 Å². The second kappa shape index (κ2) is 7.45. The average Bonchev–Trinajstić information content (AvgIpc) is 2.47. The summed E-state index contributed by atoms with van der Waals surface area (Å²) in [5.41, 5.74) is 2.03. The number of rotatable bonds is 4. The molecule has 3 heteroatoms. The third kappa shape index (κ3) is 4.65. The van der Waals surface area contributed by atoms with Crippen LogP contribution in [0.1, 0.15) is 17.5 Å². The summed E-state index contributed by atoms with van der Waals surface area (Å²) >= 11 is 5.58. The number of hydrogen-bond donors (Lipinski definition) is 0. The summed E-state index contributed by atoms with van der Waals surface area (Å²) in [6.07, 6.45) is 4.21. The smallest absolute Gasteiger partial charge is 0.121 e. The van der Waals surface area contributed by atoms with E-state index < -0.39 is 0 Å². The van der Waals surface area contributed by atoms with Gasteiger partial charge in [-0.25, -0.2) is 0 Å². The minimum atomic E-state index is 0.529. The summed E-state index contributed by atoms with van der Waals surface area (Å²) in [7, 11) is 0. The standard InChI is InChI=1S/C16H14ClNO/c17-9-2-1-4-14-5-3-6-16(12-14)19-13-15-7-10-18-11-8-15/h3,5-8,10-12H,2,9,13H2. The van der Waals surface area contributed by atoms with Crippen molar-refractivity contribution >= 4 is 11.6 Å². The Morgan fingerprint density at radius 3 is 2.79 bits per heavy atom. The predicted molar refractivity (Wildman–Crippen MR) is 77.2 cm³/mol. The van der Waals surface area contributed by atoms with Crippen LogP contribution in [0.25, 0.3) is 0 Å². The van der Waals surface area contributed by atoms with Crippen LogP contribution in [0.3, 0.4) is 0 Å². The Bertz CT molecular complexity index is 572. The van der Waals surface area contributed by atoms with Gasteiger partial charge in [-0.1, -0.05) is 17.9 Å². The van der Waals surface area contributed by atoms with Crippen LogP contribution >= 0.6 is 11.6 Å². The van der Waals surface area contributed by atoms with E-state index in [1.807, 2.05) is 36.4 Å². The van der Waals surface area contributed by atoms with Gasteiger partial charge in [0.25, 0.3) is 0 Å². The molecule has 0 fully saturated rings. The lowest BCUT2D eigenvalue weighted by Crippen LogP contribution is -1.95. The van der Waals surface area contributed by atoms with E-state index >= 15 is 0 Å². The molecule has 0 bridgehead atoms. The number of aromatic nitrogens is 1. The van der Waals surface area contributed by atoms with Crippen LogP contribution in [0.5, 0.6) is 5.75 Å². The predicted octanol–water partition coefficient (Wildman–Crippen LogP) is 3.64. The lowest BCUT2D eigenvalue weighted by atomic mass is 10.2. The molecule has 0 aliphatic rings. The van der Waals surface area contributed by atoms with Crippen LogP contribution in [-0.2, 0) is 6.61 Å². The highest BCUT2D eigenvalue weighted by Crippen LogP contribution is 2.14. The highest BCUT2D eigenvalue weighted by molar-refractivity contribution is 6.18. The van der Waals surface area contributed by atoms with E-state index in [4.69, 9.17) is 16.3 Å². The highest BCUT2D eigenvalue weighted by atomic mass is 35.5. The molecule has 0 saturated heterocycles. The fourth-order valence-corrected chi connectivity index (χ4v) is 1.62. The van der Waals surface area contributed by atoms with Crippen LogP contribution in [0, 0.1) is 11.8 Å². The number of halogens is 1. The van der Waals surface area contributed by atoms with Crippen LogP contribution in [-0.4, -0.2) is 10.9 Å². The maximum absolute atomic E-state index is 5.72.